The van der Waals surface area contributed by atoms with Gasteiger partial charge in [0.25, 0.3) is 0 Å². The van der Waals surface area contributed by atoms with Gasteiger partial charge in [-0.2, -0.15) is 0 Å². The summed E-state index contributed by atoms with van der Waals surface area (Å²) in [4.78, 5) is 0. The van der Waals surface area contributed by atoms with Crippen molar-refractivity contribution in [2.24, 2.45) is 17.8 Å². The van der Waals surface area contributed by atoms with Crippen molar-refractivity contribution in [2.45, 2.75) is 44.2 Å². The molecule has 0 radical (unpaired) electrons. The number of aliphatic hydroxyl groups is 1. The van der Waals surface area contributed by atoms with Crippen molar-refractivity contribution in [3.05, 3.63) is 0 Å². The molecule has 3 aliphatic rings. The molecule has 2 unspecified atom stereocenters. The van der Waals surface area contributed by atoms with Crippen LogP contribution < -0.4 is 5.32 Å². The molecule has 0 bridgehead atoms. The van der Waals surface area contributed by atoms with Crippen LogP contribution in [-0.4, -0.2) is 37.0 Å². The minimum atomic E-state index is -0.206. The van der Waals surface area contributed by atoms with Crippen LogP contribution >= 0.6 is 0 Å². The van der Waals surface area contributed by atoms with Crippen molar-refractivity contribution in [3.63, 3.8) is 0 Å². The Bertz CT molecular complexity index is 220. The van der Waals surface area contributed by atoms with E-state index in [-0.39, 0.29) is 6.10 Å². The Kier molecular flexibility index (Phi) is 3.18. The van der Waals surface area contributed by atoms with Crippen LogP contribution in [0.2, 0.25) is 0 Å². The number of ether oxygens (including phenoxy) is 1. The molecule has 0 spiro atoms. The highest BCUT2D eigenvalue weighted by Crippen LogP contribution is 2.44. The highest BCUT2D eigenvalue weighted by molar-refractivity contribution is 4.96. The van der Waals surface area contributed by atoms with E-state index in [0.29, 0.717) is 12.0 Å². The van der Waals surface area contributed by atoms with E-state index in [1.165, 1.54) is 25.7 Å². The normalized spacial score (nSPS) is 32.2. The lowest BCUT2D eigenvalue weighted by molar-refractivity contribution is 0.0868. The number of nitrogens with one attached hydrogen (secondary N) is 1. The molecule has 2 saturated carbocycles. The first-order valence-corrected chi connectivity index (χ1v) is 6.84. The zero-order valence-electron chi connectivity index (χ0n) is 9.90. The lowest BCUT2D eigenvalue weighted by Crippen LogP contribution is -2.41. The van der Waals surface area contributed by atoms with Crippen molar-refractivity contribution in [3.8, 4) is 0 Å². The van der Waals surface area contributed by atoms with E-state index in [4.69, 9.17) is 4.74 Å². The molecule has 0 aromatic rings. The first-order valence-electron chi connectivity index (χ1n) is 6.84. The summed E-state index contributed by atoms with van der Waals surface area (Å²) in [5, 5.41) is 13.7. The molecular weight excluding hydrogens is 202 g/mol. The Morgan fingerprint density at radius 3 is 2.25 bits per heavy atom. The summed E-state index contributed by atoms with van der Waals surface area (Å²) in [7, 11) is 0. The van der Waals surface area contributed by atoms with Crippen LogP contribution in [0.5, 0.6) is 0 Å². The Hall–Kier alpha value is -0.120. The van der Waals surface area contributed by atoms with Crippen molar-refractivity contribution in [1.29, 1.82) is 0 Å². The maximum atomic E-state index is 10.1. The molecule has 1 aliphatic heterocycles. The number of hydrogen-bond donors (Lipinski definition) is 2. The summed E-state index contributed by atoms with van der Waals surface area (Å²) in [6, 6.07) is 0.706. The van der Waals surface area contributed by atoms with Crippen LogP contribution in [0.3, 0.4) is 0 Å². The van der Waals surface area contributed by atoms with E-state index in [9.17, 15) is 5.11 Å². The second-order valence-corrected chi connectivity index (χ2v) is 5.80. The molecule has 1 heterocycles. The van der Waals surface area contributed by atoms with Gasteiger partial charge in [-0.3, -0.25) is 0 Å². The molecule has 0 amide bonds. The van der Waals surface area contributed by atoms with Crippen LogP contribution in [-0.2, 0) is 4.74 Å². The second-order valence-electron chi connectivity index (χ2n) is 5.80. The van der Waals surface area contributed by atoms with E-state index < -0.39 is 0 Å². The molecule has 3 nitrogen and oxygen atoms in total. The molecule has 3 heteroatoms. The van der Waals surface area contributed by atoms with Crippen LogP contribution in [0.1, 0.15) is 32.1 Å². The minimum absolute atomic E-state index is 0.206. The molecule has 2 atom stereocenters. The average Bonchev–Trinajstić information content (AvgIpc) is 3.21. The fraction of sp³-hybridized carbons (Fsp3) is 1.00. The molecule has 1 saturated heterocycles. The fourth-order valence-corrected chi connectivity index (χ4v) is 2.91. The third-order valence-corrected chi connectivity index (χ3v) is 4.33. The first kappa shape index (κ1) is 11.0. The minimum Gasteiger partial charge on any atom is -0.391 e. The zero-order valence-corrected chi connectivity index (χ0v) is 9.90. The van der Waals surface area contributed by atoms with Crippen molar-refractivity contribution in [2.75, 3.05) is 19.8 Å². The Labute approximate surface area is 97.6 Å². The quantitative estimate of drug-likeness (QED) is 0.713. The van der Waals surface area contributed by atoms with Gasteiger partial charge in [0.2, 0.25) is 0 Å². The summed E-state index contributed by atoms with van der Waals surface area (Å²) < 4.78 is 5.32. The smallest absolute Gasteiger partial charge is 0.0715 e. The Morgan fingerprint density at radius 1 is 1.06 bits per heavy atom. The molecule has 2 N–H and O–H groups in total. The topological polar surface area (TPSA) is 41.5 Å². The molecule has 0 aromatic carbocycles. The Balaban J connectivity index is 1.43. The largest absolute Gasteiger partial charge is 0.391 e. The van der Waals surface area contributed by atoms with E-state index in [1.54, 1.807) is 0 Å². The summed E-state index contributed by atoms with van der Waals surface area (Å²) in [5.74, 6) is 2.20. The van der Waals surface area contributed by atoms with Crippen molar-refractivity contribution in [1.82, 2.24) is 5.32 Å². The van der Waals surface area contributed by atoms with Gasteiger partial charge < -0.3 is 15.2 Å². The van der Waals surface area contributed by atoms with E-state index in [2.05, 4.69) is 5.32 Å². The fourth-order valence-electron chi connectivity index (χ4n) is 2.91. The predicted octanol–water partition coefficient (Wildman–Crippen LogP) is 1.16. The number of aliphatic hydroxyl groups excluding tert-OH is 1. The van der Waals surface area contributed by atoms with Gasteiger partial charge in [0.15, 0.2) is 0 Å². The van der Waals surface area contributed by atoms with Gasteiger partial charge in [-0.1, -0.05) is 0 Å². The lowest BCUT2D eigenvalue weighted by Gasteiger charge is -2.22. The van der Waals surface area contributed by atoms with Gasteiger partial charge in [0, 0.05) is 25.1 Å². The Morgan fingerprint density at radius 2 is 1.75 bits per heavy atom. The van der Waals surface area contributed by atoms with E-state index >= 15 is 0 Å². The van der Waals surface area contributed by atoms with E-state index in [0.717, 1.165) is 38.0 Å². The monoisotopic (exact) mass is 225 g/mol. The van der Waals surface area contributed by atoms with Gasteiger partial charge in [-0.05, 0) is 43.9 Å². The summed E-state index contributed by atoms with van der Waals surface area (Å²) in [5.41, 5.74) is 0. The maximum absolute atomic E-state index is 10.1. The van der Waals surface area contributed by atoms with Gasteiger partial charge in [-0.25, -0.2) is 0 Å². The summed E-state index contributed by atoms with van der Waals surface area (Å²) in [6.07, 6.45) is 6.42. The number of hydrogen-bond acceptors (Lipinski definition) is 3. The number of rotatable bonds is 6. The molecule has 2 aliphatic carbocycles. The highest BCUT2D eigenvalue weighted by atomic mass is 16.5. The van der Waals surface area contributed by atoms with Gasteiger partial charge in [0.1, 0.15) is 0 Å². The predicted molar refractivity (Wildman–Crippen MR) is 62.2 cm³/mol. The van der Waals surface area contributed by atoms with Gasteiger partial charge in [0.05, 0.1) is 12.7 Å². The van der Waals surface area contributed by atoms with Crippen molar-refractivity contribution < 1.29 is 9.84 Å². The molecule has 3 fully saturated rings. The summed E-state index contributed by atoms with van der Waals surface area (Å²) in [6.45, 7) is 2.35. The summed E-state index contributed by atoms with van der Waals surface area (Å²) >= 11 is 0. The third-order valence-electron chi connectivity index (χ3n) is 4.33. The average molecular weight is 225 g/mol. The van der Waals surface area contributed by atoms with Crippen LogP contribution in [0.4, 0.5) is 0 Å². The van der Waals surface area contributed by atoms with Gasteiger partial charge in [-0.15, -0.1) is 0 Å². The van der Waals surface area contributed by atoms with Gasteiger partial charge >= 0.3 is 0 Å². The van der Waals surface area contributed by atoms with Crippen LogP contribution in [0, 0.1) is 17.8 Å². The molecular formula is C13H23NO2. The standard InChI is InChI=1S/C13H23NO2/c15-12(11-5-6-16-8-11)7-14-13(9-1-2-9)10-3-4-10/h9-15H,1-8H2. The second kappa shape index (κ2) is 4.63. The SMILES string of the molecule is OC(CNC(C1CC1)C1CC1)C1CCOC1. The van der Waals surface area contributed by atoms with Crippen LogP contribution in [0.15, 0.2) is 0 Å². The molecule has 3 rings (SSSR count). The highest BCUT2D eigenvalue weighted by Gasteiger charge is 2.41. The van der Waals surface area contributed by atoms with E-state index in [1.807, 2.05) is 0 Å². The third kappa shape index (κ3) is 2.58. The molecule has 16 heavy (non-hydrogen) atoms. The van der Waals surface area contributed by atoms with Crippen molar-refractivity contribution >= 4 is 0 Å². The molecule has 92 valence electrons. The van der Waals surface area contributed by atoms with Crippen LogP contribution in [0.25, 0.3) is 0 Å². The first-order chi connectivity index (χ1) is 7.84. The molecule has 0 aromatic heterocycles. The zero-order chi connectivity index (χ0) is 11.0. The maximum Gasteiger partial charge on any atom is 0.0715 e. The lowest BCUT2D eigenvalue weighted by atomic mass is 10.0.